The molecule has 2 saturated carbocycles. The highest BCUT2D eigenvalue weighted by atomic mass is 16.8. The molecular formula is C30H38O14. The van der Waals surface area contributed by atoms with E-state index in [4.69, 9.17) is 33.2 Å². The summed E-state index contributed by atoms with van der Waals surface area (Å²) >= 11 is 0. The maximum atomic E-state index is 13.3. The SMILES string of the molecule is CC(C)[C@]12O[C@H]1[C@@H]1O[C@]13[C@]1(O[C@H]1C[C@H]1C4=C(CC[C@@]13C)C(=O)OC4)[C@@H]2OC(=O)CCC(=O)OC[C@H]1OC(O)[C@H](O)[C@@H](O)[C@@H]1O. The van der Waals surface area contributed by atoms with Crippen LogP contribution in [0.4, 0.5) is 0 Å². The quantitative estimate of drug-likeness (QED) is 0.149. The Bertz CT molecular complexity index is 1350. The Morgan fingerprint density at radius 1 is 1.00 bits per heavy atom. The lowest BCUT2D eigenvalue weighted by molar-refractivity contribution is -0.287. The van der Waals surface area contributed by atoms with Crippen LogP contribution >= 0.6 is 0 Å². The molecule has 44 heavy (non-hydrogen) atoms. The number of epoxide rings is 3. The van der Waals surface area contributed by atoms with Crippen LogP contribution in [0.25, 0.3) is 0 Å². The minimum Gasteiger partial charge on any atom is -0.463 e. The fourth-order valence-electron chi connectivity index (χ4n) is 9.55. The molecule has 242 valence electrons. The molecule has 2 spiro atoms. The third kappa shape index (κ3) is 3.46. The third-order valence-electron chi connectivity index (χ3n) is 11.9. The van der Waals surface area contributed by atoms with Crippen molar-refractivity contribution in [1.82, 2.24) is 0 Å². The number of aliphatic hydroxyl groups excluding tert-OH is 4. The number of carbonyl (C=O) groups excluding carboxylic acids is 3. The molecule has 14 nitrogen and oxygen atoms in total. The van der Waals surface area contributed by atoms with Crippen molar-refractivity contribution < 1.29 is 68.0 Å². The van der Waals surface area contributed by atoms with Crippen LogP contribution in [0.3, 0.4) is 0 Å². The molecule has 0 aromatic heterocycles. The normalized spacial score (nSPS) is 52.4. The molecule has 0 amide bonds. The van der Waals surface area contributed by atoms with E-state index < -0.39 is 72.2 Å². The van der Waals surface area contributed by atoms with Gasteiger partial charge in [-0.3, -0.25) is 9.59 Å². The molecule has 5 heterocycles. The van der Waals surface area contributed by atoms with E-state index in [0.29, 0.717) is 19.3 Å². The van der Waals surface area contributed by atoms with Crippen LogP contribution < -0.4 is 0 Å². The van der Waals surface area contributed by atoms with E-state index in [1.54, 1.807) is 0 Å². The van der Waals surface area contributed by atoms with Gasteiger partial charge in [-0.25, -0.2) is 4.79 Å². The average Bonchev–Trinajstić information content (AvgIpc) is 3.90. The topological polar surface area (TPSA) is 207 Å². The van der Waals surface area contributed by atoms with Gasteiger partial charge in [-0.2, -0.15) is 0 Å². The Balaban J connectivity index is 0.974. The largest absolute Gasteiger partial charge is 0.463 e. The van der Waals surface area contributed by atoms with Crippen LogP contribution in [0.5, 0.6) is 0 Å². The van der Waals surface area contributed by atoms with E-state index in [2.05, 4.69) is 6.92 Å². The molecule has 8 rings (SSSR count). The first-order chi connectivity index (χ1) is 20.8. The molecule has 14 heteroatoms. The minimum atomic E-state index is -1.76. The lowest BCUT2D eigenvalue weighted by atomic mass is 9.46. The zero-order valence-electron chi connectivity index (χ0n) is 24.7. The number of fused-ring (bicyclic) bond motifs is 4. The predicted octanol–water partition coefficient (Wildman–Crippen LogP) is -1.22. The zero-order chi connectivity index (χ0) is 31.1. The van der Waals surface area contributed by atoms with Crippen molar-refractivity contribution in [1.29, 1.82) is 0 Å². The van der Waals surface area contributed by atoms with E-state index in [1.165, 1.54) is 0 Å². The molecule has 4 saturated heterocycles. The van der Waals surface area contributed by atoms with Gasteiger partial charge < -0.3 is 53.6 Å². The number of cyclic esters (lactones) is 1. The monoisotopic (exact) mass is 622 g/mol. The van der Waals surface area contributed by atoms with Gasteiger partial charge in [-0.05, 0) is 36.7 Å². The van der Waals surface area contributed by atoms with Gasteiger partial charge in [-0.1, -0.05) is 20.8 Å². The first-order valence-corrected chi connectivity index (χ1v) is 15.5. The second-order valence-corrected chi connectivity index (χ2v) is 14.1. The van der Waals surface area contributed by atoms with Crippen LogP contribution in [0.1, 0.15) is 52.9 Å². The minimum absolute atomic E-state index is 0.0186. The number of hydrogen-bond donors (Lipinski definition) is 4. The van der Waals surface area contributed by atoms with E-state index in [0.717, 1.165) is 11.1 Å². The van der Waals surface area contributed by atoms with Crippen molar-refractivity contribution in [3.8, 4) is 0 Å². The van der Waals surface area contributed by atoms with E-state index in [9.17, 15) is 34.8 Å². The van der Waals surface area contributed by atoms with Gasteiger partial charge in [0.25, 0.3) is 0 Å². The molecule has 14 atom stereocenters. The smallest absolute Gasteiger partial charge is 0.334 e. The van der Waals surface area contributed by atoms with Crippen LogP contribution in [0.2, 0.25) is 0 Å². The Kier molecular flexibility index (Phi) is 6.13. The Morgan fingerprint density at radius 2 is 1.75 bits per heavy atom. The molecule has 0 radical (unpaired) electrons. The summed E-state index contributed by atoms with van der Waals surface area (Å²) < 4.78 is 41.4. The van der Waals surface area contributed by atoms with Gasteiger partial charge in [0.05, 0.1) is 18.9 Å². The molecule has 6 fully saturated rings. The highest BCUT2D eigenvalue weighted by Crippen LogP contribution is 2.83. The maximum Gasteiger partial charge on any atom is 0.334 e. The number of aliphatic hydroxyl groups is 4. The second-order valence-electron chi connectivity index (χ2n) is 14.1. The molecule has 5 aliphatic heterocycles. The van der Waals surface area contributed by atoms with Crippen LogP contribution in [-0.2, 0) is 47.5 Å². The summed E-state index contributed by atoms with van der Waals surface area (Å²) in [5.74, 6) is -1.62. The average molecular weight is 623 g/mol. The van der Waals surface area contributed by atoms with Crippen molar-refractivity contribution in [2.45, 2.75) is 125 Å². The molecule has 1 unspecified atom stereocenters. The number of hydrogen-bond acceptors (Lipinski definition) is 14. The van der Waals surface area contributed by atoms with Gasteiger partial charge in [0.2, 0.25) is 0 Å². The van der Waals surface area contributed by atoms with Crippen molar-refractivity contribution in [3.05, 3.63) is 11.1 Å². The number of esters is 3. The van der Waals surface area contributed by atoms with Gasteiger partial charge in [0, 0.05) is 11.0 Å². The fraction of sp³-hybridized carbons (Fsp3) is 0.833. The van der Waals surface area contributed by atoms with Crippen LogP contribution in [0, 0.1) is 17.3 Å². The predicted molar refractivity (Wildman–Crippen MR) is 140 cm³/mol. The third-order valence-corrected chi connectivity index (χ3v) is 11.9. The Labute approximate surface area is 252 Å². The van der Waals surface area contributed by atoms with E-state index >= 15 is 0 Å². The van der Waals surface area contributed by atoms with Gasteiger partial charge in [0.15, 0.2) is 18.0 Å². The highest BCUT2D eigenvalue weighted by molar-refractivity contribution is 5.92. The molecule has 0 aromatic carbocycles. The van der Waals surface area contributed by atoms with Gasteiger partial charge in [0.1, 0.15) is 61.0 Å². The molecule has 4 N–H and O–H groups in total. The highest BCUT2D eigenvalue weighted by Gasteiger charge is 3.01. The summed E-state index contributed by atoms with van der Waals surface area (Å²) in [6, 6.07) is 0. The fourth-order valence-corrected chi connectivity index (χ4v) is 9.55. The summed E-state index contributed by atoms with van der Waals surface area (Å²) in [5.41, 5.74) is -1.01. The summed E-state index contributed by atoms with van der Waals surface area (Å²) in [7, 11) is 0. The summed E-state index contributed by atoms with van der Waals surface area (Å²) in [5, 5.41) is 39.2. The lowest BCUT2D eigenvalue weighted by Gasteiger charge is -2.53. The first-order valence-electron chi connectivity index (χ1n) is 15.5. The number of ether oxygens (including phenoxy) is 7. The Hall–Kier alpha value is -2.17. The van der Waals surface area contributed by atoms with Crippen LogP contribution in [-0.4, -0.2) is 123 Å². The molecular weight excluding hydrogens is 584 g/mol. The maximum absolute atomic E-state index is 13.3. The molecule has 8 aliphatic rings. The van der Waals surface area contributed by atoms with Crippen molar-refractivity contribution in [3.63, 3.8) is 0 Å². The number of rotatable bonds is 7. The molecule has 0 bridgehead atoms. The van der Waals surface area contributed by atoms with Gasteiger partial charge in [-0.15, -0.1) is 0 Å². The summed E-state index contributed by atoms with van der Waals surface area (Å²) in [6.07, 6.45) is -8.18. The lowest BCUT2D eigenvalue weighted by Crippen LogP contribution is -2.70. The molecule has 0 aromatic rings. The number of carbonyl (C=O) groups is 3. The van der Waals surface area contributed by atoms with Crippen molar-refractivity contribution in [2.24, 2.45) is 17.3 Å². The summed E-state index contributed by atoms with van der Waals surface area (Å²) in [6.45, 7) is 6.01. The van der Waals surface area contributed by atoms with Crippen molar-refractivity contribution >= 4 is 17.9 Å². The summed E-state index contributed by atoms with van der Waals surface area (Å²) in [4.78, 5) is 38.2. The van der Waals surface area contributed by atoms with E-state index in [1.807, 2.05) is 13.8 Å². The zero-order valence-corrected chi connectivity index (χ0v) is 24.7. The second kappa shape index (κ2) is 9.22. The van der Waals surface area contributed by atoms with Crippen molar-refractivity contribution in [2.75, 3.05) is 13.2 Å². The van der Waals surface area contributed by atoms with E-state index in [-0.39, 0.29) is 61.0 Å². The van der Waals surface area contributed by atoms with Gasteiger partial charge >= 0.3 is 17.9 Å². The van der Waals surface area contributed by atoms with Crippen LogP contribution in [0.15, 0.2) is 11.1 Å². The molecule has 3 aliphatic carbocycles. The standard InChI is InChI=1S/C30H38O14/c1-11(2)28-22(43-28)23-30(44-23)27(3)7-6-12-13(9-39-24(12)36)14(27)8-16-29(30,42-16)26(28)41-18(32)5-4-17(31)38-10-15-19(33)20(34)21(35)25(37)40-15/h11,14-16,19-23,25-26,33-35,37H,4-10H2,1-3H3/t14-,15+,16-,19+,20-,21+,22-,23-,25?,26+,27-,28-,29+,30+/m0/s1. The Morgan fingerprint density at radius 3 is 2.50 bits per heavy atom. The first kappa shape index (κ1) is 29.2.